The molecule has 3 heteroatoms. The van der Waals surface area contributed by atoms with Crippen LogP contribution >= 0.6 is 11.3 Å². The molecule has 0 spiro atoms. The lowest BCUT2D eigenvalue weighted by molar-refractivity contribution is -0.691. The highest BCUT2D eigenvalue weighted by atomic mass is 79.9. The minimum absolute atomic E-state index is 0. The third kappa shape index (κ3) is 2.32. The normalized spacial score (nSPS) is 8.45. The molecule has 1 aromatic heterocycles. The number of rotatable bonds is 1. The minimum atomic E-state index is 0. The molecular weight excluding hydrogens is 222 g/mol. The zero-order chi connectivity index (χ0) is 7.56. The summed E-state index contributed by atoms with van der Waals surface area (Å²) in [6.45, 7) is 4.84. The zero-order valence-electron chi connectivity index (χ0n) is 6.60. The summed E-state index contributed by atoms with van der Waals surface area (Å²) in [6, 6.07) is 0. The van der Waals surface area contributed by atoms with E-state index < -0.39 is 0 Å². The Morgan fingerprint density at radius 1 is 1.64 bits per heavy atom. The van der Waals surface area contributed by atoms with Crippen molar-refractivity contribution in [2.45, 2.75) is 20.4 Å². The van der Waals surface area contributed by atoms with Gasteiger partial charge in [0.25, 0.3) is 0 Å². The van der Waals surface area contributed by atoms with Crippen LogP contribution in [0.2, 0.25) is 0 Å². The van der Waals surface area contributed by atoms with E-state index in [1.54, 1.807) is 11.3 Å². The van der Waals surface area contributed by atoms with Gasteiger partial charge in [0.15, 0.2) is 5.69 Å². The first kappa shape index (κ1) is 10.7. The van der Waals surface area contributed by atoms with Crippen LogP contribution < -0.4 is 21.5 Å². The zero-order valence-corrected chi connectivity index (χ0v) is 9.00. The smallest absolute Gasteiger partial charge is 0.235 e. The summed E-state index contributed by atoms with van der Waals surface area (Å²) in [5.74, 6) is 2.62. The van der Waals surface area contributed by atoms with Crippen molar-refractivity contribution in [3.05, 3.63) is 16.1 Å². The van der Waals surface area contributed by atoms with Crippen LogP contribution in [0.25, 0.3) is 0 Å². The molecule has 0 bridgehead atoms. The maximum absolute atomic E-state index is 5.19. The quantitative estimate of drug-likeness (QED) is 0.401. The standard InChI is InChI=1S/C8H10NS.BrH/c1-4-5-9-7(2)6-10-8(9)3;/h1,6H,5H2,2-3H3;1H/q+1;/p-1. The van der Waals surface area contributed by atoms with E-state index in [2.05, 4.69) is 29.7 Å². The van der Waals surface area contributed by atoms with Crippen LogP contribution in [-0.4, -0.2) is 0 Å². The molecule has 1 heterocycles. The summed E-state index contributed by atoms with van der Waals surface area (Å²) < 4.78 is 2.13. The van der Waals surface area contributed by atoms with Gasteiger partial charge in [0, 0.05) is 13.8 Å². The Hall–Kier alpha value is -0.330. The fraction of sp³-hybridized carbons (Fsp3) is 0.375. The van der Waals surface area contributed by atoms with Crippen LogP contribution in [0.15, 0.2) is 5.38 Å². The molecule has 0 N–H and O–H groups in total. The molecule has 60 valence electrons. The number of hydrogen-bond donors (Lipinski definition) is 0. The average Bonchev–Trinajstić information content (AvgIpc) is 2.20. The molecule has 1 nitrogen and oxygen atoms in total. The first-order chi connectivity index (χ1) is 4.75. The van der Waals surface area contributed by atoms with Gasteiger partial charge in [-0.25, -0.2) is 0 Å². The molecule has 0 amide bonds. The molecule has 0 aromatic carbocycles. The third-order valence-electron chi connectivity index (χ3n) is 1.46. The Morgan fingerprint density at radius 3 is 2.64 bits per heavy atom. The van der Waals surface area contributed by atoms with Crippen molar-refractivity contribution in [1.29, 1.82) is 0 Å². The molecule has 0 saturated carbocycles. The van der Waals surface area contributed by atoms with Gasteiger partial charge in [-0.05, 0) is 5.92 Å². The number of thiazole rings is 1. The van der Waals surface area contributed by atoms with Gasteiger partial charge in [-0.1, -0.05) is 11.3 Å². The first-order valence-corrected chi connectivity index (χ1v) is 4.01. The number of aromatic nitrogens is 1. The number of halogens is 1. The van der Waals surface area contributed by atoms with Crippen molar-refractivity contribution in [3.8, 4) is 12.3 Å². The Labute approximate surface area is 81.8 Å². The highest BCUT2D eigenvalue weighted by Crippen LogP contribution is 2.03. The predicted molar refractivity (Wildman–Crippen MR) is 42.8 cm³/mol. The van der Waals surface area contributed by atoms with Crippen molar-refractivity contribution in [3.63, 3.8) is 0 Å². The Balaban J connectivity index is 0.000001000. The highest BCUT2D eigenvalue weighted by molar-refractivity contribution is 7.09. The summed E-state index contributed by atoms with van der Waals surface area (Å²) in [7, 11) is 0. The van der Waals surface area contributed by atoms with E-state index in [0.29, 0.717) is 6.54 Å². The molecule has 0 unspecified atom stereocenters. The van der Waals surface area contributed by atoms with Crippen LogP contribution in [0.5, 0.6) is 0 Å². The largest absolute Gasteiger partial charge is 1.00 e. The van der Waals surface area contributed by atoms with E-state index in [4.69, 9.17) is 6.42 Å². The predicted octanol–water partition coefficient (Wildman–Crippen LogP) is -1.71. The van der Waals surface area contributed by atoms with Gasteiger partial charge >= 0.3 is 0 Å². The van der Waals surface area contributed by atoms with E-state index in [1.165, 1.54) is 10.7 Å². The second kappa shape index (κ2) is 4.53. The van der Waals surface area contributed by atoms with Crippen molar-refractivity contribution in [2.24, 2.45) is 0 Å². The lowest BCUT2D eigenvalue weighted by atomic mass is 10.5. The van der Waals surface area contributed by atoms with Gasteiger partial charge in [-0.2, -0.15) is 4.57 Å². The van der Waals surface area contributed by atoms with Crippen LogP contribution in [0, 0.1) is 26.2 Å². The van der Waals surface area contributed by atoms with Crippen LogP contribution in [0.1, 0.15) is 10.7 Å². The summed E-state index contributed by atoms with van der Waals surface area (Å²) in [6.07, 6.45) is 5.19. The Morgan fingerprint density at radius 2 is 2.27 bits per heavy atom. The second-order valence-corrected chi connectivity index (χ2v) is 3.25. The lowest BCUT2D eigenvalue weighted by Crippen LogP contribution is -3.00. The summed E-state index contributed by atoms with van der Waals surface area (Å²) >= 11 is 1.74. The van der Waals surface area contributed by atoms with Gasteiger partial charge < -0.3 is 17.0 Å². The molecule has 0 aliphatic carbocycles. The van der Waals surface area contributed by atoms with E-state index >= 15 is 0 Å². The number of nitrogens with zero attached hydrogens (tertiary/aromatic N) is 1. The van der Waals surface area contributed by atoms with Gasteiger partial charge in [0.05, 0.1) is 5.38 Å². The van der Waals surface area contributed by atoms with Crippen molar-refractivity contribution in [1.82, 2.24) is 0 Å². The maximum Gasteiger partial charge on any atom is 0.235 e. The van der Waals surface area contributed by atoms with Gasteiger partial charge in [-0.3, -0.25) is 0 Å². The molecule has 0 atom stereocenters. The SMILES string of the molecule is C#CC[n+]1c(C)csc1C.[Br-]. The molecule has 11 heavy (non-hydrogen) atoms. The molecule has 1 aromatic rings. The van der Waals surface area contributed by atoms with E-state index in [0.717, 1.165) is 0 Å². The number of terminal acetylenes is 1. The van der Waals surface area contributed by atoms with Crippen LogP contribution in [0.3, 0.4) is 0 Å². The molecule has 0 fully saturated rings. The molecule has 0 radical (unpaired) electrons. The number of hydrogen-bond acceptors (Lipinski definition) is 1. The summed E-state index contributed by atoms with van der Waals surface area (Å²) in [5.41, 5.74) is 1.25. The monoisotopic (exact) mass is 231 g/mol. The second-order valence-electron chi connectivity index (χ2n) is 2.19. The van der Waals surface area contributed by atoms with Crippen molar-refractivity contribution >= 4 is 11.3 Å². The Bertz CT molecular complexity index is 253. The van der Waals surface area contributed by atoms with Gasteiger partial charge in [0.2, 0.25) is 11.6 Å². The van der Waals surface area contributed by atoms with Crippen molar-refractivity contribution < 1.29 is 21.5 Å². The van der Waals surface area contributed by atoms with Crippen LogP contribution in [0.4, 0.5) is 0 Å². The first-order valence-electron chi connectivity index (χ1n) is 3.13. The highest BCUT2D eigenvalue weighted by Gasteiger charge is 2.09. The van der Waals surface area contributed by atoms with E-state index in [-0.39, 0.29) is 17.0 Å². The lowest BCUT2D eigenvalue weighted by Gasteiger charge is -1.87. The Kier molecular flexibility index (Phi) is 4.39. The fourth-order valence-electron chi connectivity index (χ4n) is 0.873. The van der Waals surface area contributed by atoms with E-state index in [1.807, 2.05) is 0 Å². The molecule has 0 aliphatic rings. The topological polar surface area (TPSA) is 3.88 Å². The average molecular weight is 232 g/mol. The van der Waals surface area contributed by atoms with Crippen molar-refractivity contribution in [2.75, 3.05) is 0 Å². The summed E-state index contributed by atoms with van der Waals surface area (Å²) in [4.78, 5) is 0. The molecular formula is C8H10BrNS. The van der Waals surface area contributed by atoms with Gasteiger partial charge in [0.1, 0.15) is 0 Å². The van der Waals surface area contributed by atoms with Crippen LogP contribution in [-0.2, 0) is 6.54 Å². The minimum Gasteiger partial charge on any atom is -1.00 e. The maximum atomic E-state index is 5.19. The summed E-state index contributed by atoms with van der Waals surface area (Å²) in [5, 5.41) is 3.39. The number of aryl methyl sites for hydroxylation is 2. The van der Waals surface area contributed by atoms with Gasteiger partial charge in [-0.15, -0.1) is 6.42 Å². The molecule has 1 rings (SSSR count). The molecule has 0 aliphatic heterocycles. The van der Waals surface area contributed by atoms with E-state index in [9.17, 15) is 0 Å². The third-order valence-corrected chi connectivity index (χ3v) is 2.48. The fourth-order valence-corrected chi connectivity index (χ4v) is 1.68. The molecule has 0 saturated heterocycles.